The molecule has 7 heteroatoms. The van der Waals surface area contributed by atoms with Crippen molar-refractivity contribution in [1.82, 2.24) is 5.43 Å². The monoisotopic (exact) mass is 473 g/mol. The second-order valence-corrected chi connectivity index (χ2v) is 7.63. The molecule has 1 saturated heterocycles. The van der Waals surface area contributed by atoms with E-state index in [-0.39, 0.29) is 12.2 Å². The minimum atomic E-state index is -0.491. The van der Waals surface area contributed by atoms with E-state index in [1.807, 2.05) is 18.2 Å². The van der Waals surface area contributed by atoms with E-state index in [4.69, 9.17) is 4.74 Å². The predicted octanol–water partition coefficient (Wildman–Crippen LogP) is 4.36. The quantitative estimate of drug-likeness (QED) is 0.440. The van der Waals surface area contributed by atoms with Gasteiger partial charge in [-0.2, -0.15) is 5.26 Å². The zero-order valence-corrected chi connectivity index (χ0v) is 17.8. The lowest BCUT2D eigenvalue weighted by atomic mass is 10.1. The van der Waals surface area contributed by atoms with Crippen molar-refractivity contribution in [2.24, 2.45) is 0 Å². The maximum Gasteiger partial charge on any atom is 0.282 e. The molecule has 31 heavy (non-hydrogen) atoms. The number of nitrogens with one attached hydrogen (secondary N) is 1. The molecule has 4 rings (SSSR count). The van der Waals surface area contributed by atoms with Crippen molar-refractivity contribution in [1.29, 1.82) is 5.26 Å². The summed E-state index contributed by atoms with van der Waals surface area (Å²) in [7, 11) is 0. The van der Waals surface area contributed by atoms with Gasteiger partial charge in [0.25, 0.3) is 11.8 Å². The van der Waals surface area contributed by atoms with Crippen LogP contribution in [0.5, 0.6) is 5.75 Å². The van der Waals surface area contributed by atoms with Crippen LogP contribution in [0.25, 0.3) is 6.08 Å². The van der Waals surface area contributed by atoms with Gasteiger partial charge in [0, 0.05) is 15.6 Å². The summed E-state index contributed by atoms with van der Waals surface area (Å²) in [6.07, 6.45) is 1.51. The summed E-state index contributed by atoms with van der Waals surface area (Å²) in [5.74, 6) is -0.450. The SMILES string of the molecule is N#Cc1ccccc1COc1ccc(Br)cc1C=C1C(=O)NN(c2ccccc2)C1=O. The number of nitriles is 1. The Hall–Kier alpha value is -3.89. The number of rotatable bonds is 5. The first-order valence-corrected chi connectivity index (χ1v) is 10.2. The maximum atomic E-state index is 12.9. The molecule has 1 aliphatic heterocycles. The minimum absolute atomic E-state index is 0.00391. The van der Waals surface area contributed by atoms with E-state index in [2.05, 4.69) is 27.4 Å². The average molecular weight is 474 g/mol. The van der Waals surface area contributed by atoms with E-state index < -0.39 is 11.8 Å². The summed E-state index contributed by atoms with van der Waals surface area (Å²) < 4.78 is 6.71. The third-order valence-corrected chi connectivity index (χ3v) is 5.19. The number of benzene rings is 3. The van der Waals surface area contributed by atoms with Crippen molar-refractivity contribution in [2.75, 3.05) is 5.01 Å². The topological polar surface area (TPSA) is 82.4 Å². The Morgan fingerprint density at radius 3 is 2.55 bits per heavy atom. The van der Waals surface area contributed by atoms with Gasteiger partial charge in [0.15, 0.2) is 0 Å². The highest BCUT2D eigenvalue weighted by Gasteiger charge is 2.34. The number of halogens is 1. The molecule has 3 aromatic carbocycles. The first-order valence-electron chi connectivity index (χ1n) is 9.39. The normalized spacial score (nSPS) is 14.5. The number of carbonyl (C=O) groups excluding carboxylic acids is 2. The van der Waals surface area contributed by atoms with Crippen LogP contribution in [0.3, 0.4) is 0 Å². The van der Waals surface area contributed by atoms with E-state index in [0.717, 1.165) is 10.0 Å². The summed E-state index contributed by atoms with van der Waals surface area (Å²) in [5.41, 5.74) is 5.01. The average Bonchev–Trinajstić information content (AvgIpc) is 3.07. The van der Waals surface area contributed by atoms with Gasteiger partial charge in [-0.15, -0.1) is 0 Å². The number of hydrazine groups is 1. The van der Waals surface area contributed by atoms with Crippen LogP contribution in [0.15, 0.2) is 82.8 Å². The molecule has 0 aromatic heterocycles. The Balaban J connectivity index is 1.63. The lowest BCUT2D eigenvalue weighted by Crippen LogP contribution is -2.35. The summed E-state index contributed by atoms with van der Waals surface area (Å²) in [5, 5.41) is 10.5. The Bertz CT molecular complexity index is 1230. The summed E-state index contributed by atoms with van der Waals surface area (Å²) in [4.78, 5) is 25.4. The van der Waals surface area contributed by atoms with Crippen LogP contribution in [-0.2, 0) is 16.2 Å². The van der Waals surface area contributed by atoms with E-state index in [0.29, 0.717) is 22.6 Å². The van der Waals surface area contributed by atoms with Crippen LogP contribution < -0.4 is 15.2 Å². The van der Waals surface area contributed by atoms with Gasteiger partial charge in [0.1, 0.15) is 17.9 Å². The van der Waals surface area contributed by atoms with Gasteiger partial charge in [0.05, 0.1) is 17.3 Å². The first kappa shape index (κ1) is 20.4. The van der Waals surface area contributed by atoms with Crippen molar-refractivity contribution in [3.05, 3.63) is 99.5 Å². The third kappa shape index (κ3) is 4.34. The van der Waals surface area contributed by atoms with Gasteiger partial charge >= 0.3 is 0 Å². The minimum Gasteiger partial charge on any atom is -0.488 e. The number of ether oxygens (including phenoxy) is 1. The Morgan fingerprint density at radius 1 is 1.03 bits per heavy atom. The smallest absolute Gasteiger partial charge is 0.282 e. The highest BCUT2D eigenvalue weighted by atomic mass is 79.9. The number of hydrogen-bond acceptors (Lipinski definition) is 4. The van der Waals surface area contributed by atoms with E-state index >= 15 is 0 Å². The van der Waals surface area contributed by atoms with Gasteiger partial charge in [-0.05, 0) is 42.5 Å². The molecule has 1 aliphatic rings. The molecule has 0 bridgehead atoms. The number of amides is 2. The fourth-order valence-corrected chi connectivity index (χ4v) is 3.52. The molecule has 0 atom stereocenters. The number of anilines is 1. The molecule has 2 amide bonds. The Labute approximate surface area is 187 Å². The molecule has 0 aliphatic carbocycles. The second kappa shape index (κ2) is 8.86. The molecule has 0 saturated carbocycles. The number of carbonyl (C=O) groups is 2. The zero-order chi connectivity index (χ0) is 21.8. The summed E-state index contributed by atoms with van der Waals surface area (Å²) in [6, 6.07) is 23.5. The fraction of sp³-hybridized carbons (Fsp3) is 0.0417. The lowest BCUT2D eigenvalue weighted by Gasteiger charge is -2.14. The van der Waals surface area contributed by atoms with Gasteiger partial charge in [-0.25, -0.2) is 5.01 Å². The molecule has 0 spiro atoms. The van der Waals surface area contributed by atoms with Crippen molar-refractivity contribution < 1.29 is 14.3 Å². The highest BCUT2D eigenvalue weighted by molar-refractivity contribution is 9.10. The van der Waals surface area contributed by atoms with Gasteiger partial charge in [0.2, 0.25) is 0 Å². The molecule has 152 valence electrons. The lowest BCUT2D eigenvalue weighted by molar-refractivity contribution is -0.117. The largest absolute Gasteiger partial charge is 0.488 e. The molecular weight excluding hydrogens is 458 g/mol. The van der Waals surface area contributed by atoms with Crippen LogP contribution >= 0.6 is 15.9 Å². The van der Waals surface area contributed by atoms with Crippen molar-refractivity contribution in [2.45, 2.75) is 6.61 Å². The van der Waals surface area contributed by atoms with Crippen LogP contribution in [0, 0.1) is 11.3 Å². The predicted molar refractivity (Wildman–Crippen MR) is 120 cm³/mol. The zero-order valence-electron chi connectivity index (χ0n) is 16.2. The Kier molecular flexibility index (Phi) is 5.83. The molecule has 1 N–H and O–H groups in total. The van der Waals surface area contributed by atoms with Crippen LogP contribution in [0.4, 0.5) is 5.69 Å². The molecule has 1 fully saturated rings. The molecule has 6 nitrogen and oxygen atoms in total. The maximum absolute atomic E-state index is 12.9. The molecule has 3 aromatic rings. The molecular formula is C24H16BrN3O3. The third-order valence-electron chi connectivity index (χ3n) is 4.70. The van der Waals surface area contributed by atoms with Gasteiger partial charge in [-0.1, -0.05) is 52.3 Å². The van der Waals surface area contributed by atoms with E-state index in [1.54, 1.807) is 54.6 Å². The van der Waals surface area contributed by atoms with E-state index in [9.17, 15) is 14.9 Å². The standard InChI is InChI=1S/C24H16BrN3O3/c25-19-10-11-22(31-15-17-7-5-4-6-16(17)14-26)18(12-19)13-21-23(29)27-28(24(21)30)20-8-2-1-3-9-20/h1-13H,15H2,(H,27,29). The van der Waals surface area contributed by atoms with Crippen LogP contribution in [0.2, 0.25) is 0 Å². The van der Waals surface area contributed by atoms with Crippen molar-refractivity contribution in [3.63, 3.8) is 0 Å². The first-order chi connectivity index (χ1) is 15.1. The number of hydrogen-bond donors (Lipinski definition) is 1. The fourth-order valence-electron chi connectivity index (χ4n) is 3.15. The highest BCUT2D eigenvalue weighted by Crippen LogP contribution is 2.29. The van der Waals surface area contributed by atoms with Crippen molar-refractivity contribution >= 4 is 39.5 Å². The summed E-state index contributed by atoms with van der Waals surface area (Å²) >= 11 is 3.42. The van der Waals surface area contributed by atoms with Crippen molar-refractivity contribution in [3.8, 4) is 11.8 Å². The summed E-state index contributed by atoms with van der Waals surface area (Å²) in [6.45, 7) is 0.178. The number of nitrogens with zero attached hydrogens (tertiary/aromatic N) is 2. The van der Waals surface area contributed by atoms with Gasteiger partial charge in [-0.3, -0.25) is 15.0 Å². The number of para-hydroxylation sites is 1. The van der Waals surface area contributed by atoms with E-state index in [1.165, 1.54) is 11.1 Å². The molecule has 1 heterocycles. The molecule has 0 radical (unpaired) electrons. The second-order valence-electron chi connectivity index (χ2n) is 6.71. The van der Waals surface area contributed by atoms with Crippen LogP contribution in [0.1, 0.15) is 16.7 Å². The van der Waals surface area contributed by atoms with Crippen LogP contribution in [-0.4, -0.2) is 11.8 Å². The van der Waals surface area contributed by atoms with Gasteiger partial charge < -0.3 is 4.74 Å². The molecule has 0 unspecified atom stereocenters. The Morgan fingerprint density at radius 2 is 1.77 bits per heavy atom.